The molecule has 2 aliphatic rings. The van der Waals surface area contributed by atoms with E-state index in [0.717, 1.165) is 5.56 Å². The van der Waals surface area contributed by atoms with Gasteiger partial charge in [0.25, 0.3) is 5.69 Å². The first-order valence-corrected chi connectivity index (χ1v) is 10.7. The molecular weight excluding hydrogens is 390 g/mol. The predicted molar refractivity (Wildman–Crippen MR) is 106 cm³/mol. The minimum Gasteiger partial charge on any atom is -0.258 e. The van der Waals surface area contributed by atoms with Gasteiger partial charge in [0, 0.05) is 37.1 Å². The van der Waals surface area contributed by atoms with Crippen molar-refractivity contribution in [3.63, 3.8) is 0 Å². The summed E-state index contributed by atoms with van der Waals surface area (Å²) in [6.07, 6.45) is 4.50. The lowest BCUT2D eigenvalue weighted by atomic mass is 9.63. The van der Waals surface area contributed by atoms with Gasteiger partial charge in [0.2, 0.25) is 10.0 Å². The van der Waals surface area contributed by atoms with Gasteiger partial charge in [-0.2, -0.15) is 9.57 Å². The summed E-state index contributed by atoms with van der Waals surface area (Å²) >= 11 is 0. The van der Waals surface area contributed by atoms with Crippen LogP contribution in [0.4, 0.5) is 5.69 Å². The summed E-state index contributed by atoms with van der Waals surface area (Å²) in [4.78, 5) is 10.7. The van der Waals surface area contributed by atoms with Crippen LogP contribution in [0.25, 0.3) is 0 Å². The monoisotopic (exact) mass is 409 g/mol. The molecule has 0 spiro atoms. The molecule has 1 aliphatic carbocycles. The highest BCUT2D eigenvalue weighted by Gasteiger charge is 2.55. The number of nitrogens with zero attached hydrogens (tertiary/aromatic N) is 3. The Morgan fingerprint density at radius 3 is 2.45 bits per heavy atom. The molecule has 1 fully saturated rings. The largest absolute Gasteiger partial charge is 0.269 e. The Hall–Kier alpha value is -3.02. The summed E-state index contributed by atoms with van der Waals surface area (Å²) in [5.41, 5.74) is -0.111. The van der Waals surface area contributed by atoms with Crippen LogP contribution in [0.5, 0.6) is 0 Å². The van der Waals surface area contributed by atoms with Gasteiger partial charge in [-0.1, -0.05) is 42.5 Å². The Kier molecular flexibility index (Phi) is 4.73. The van der Waals surface area contributed by atoms with Gasteiger partial charge in [-0.25, -0.2) is 8.42 Å². The zero-order valence-electron chi connectivity index (χ0n) is 15.5. The number of benzene rings is 2. The lowest BCUT2D eigenvalue weighted by molar-refractivity contribution is -0.384. The molecule has 3 atom stereocenters. The fraction of sp³-hybridized carbons (Fsp3) is 0.286. The van der Waals surface area contributed by atoms with Gasteiger partial charge in [-0.3, -0.25) is 10.1 Å². The number of allylic oxidation sites excluding steroid dienone is 1. The number of sulfonamides is 1. The van der Waals surface area contributed by atoms with Crippen LogP contribution >= 0.6 is 0 Å². The van der Waals surface area contributed by atoms with E-state index in [4.69, 9.17) is 0 Å². The van der Waals surface area contributed by atoms with Crippen LogP contribution in [0.3, 0.4) is 0 Å². The Morgan fingerprint density at radius 2 is 1.83 bits per heavy atom. The number of rotatable bonds is 4. The van der Waals surface area contributed by atoms with E-state index in [-0.39, 0.29) is 35.5 Å². The second-order valence-corrected chi connectivity index (χ2v) is 9.37. The standard InChI is InChI=1S/C21H19N3O4S/c22-14-21-15-23(29(27,28)19-6-2-1-3-7-19)13-17(21)5-4-8-20(21)16-9-11-18(12-10-16)24(25)26/h1-7,9-12,17,20H,8,13,15H2/t17-,20-,21+/m1/s1. The third-order valence-corrected chi connectivity index (χ3v) is 7.78. The molecule has 4 rings (SSSR count). The first-order valence-electron chi connectivity index (χ1n) is 9.26. The van der Waals surface area contributed by atoms with Gasteiger partial charge in [0.05, 0.1) is 21.3 Å². The molecule has 2 aromatic carbocycles. The van der Waals surface area contributed by atoms with Crippen LogP contribution in [0.1, 0.15) is 17.9 Å². The summed E-state index contributed by atoms with van der Waals surface area (Å²) in [6.45, 7) is 0.335. The number of nitriles is 1. The lowest BCUT2D eigenvalue weighted by Gasteiger charge is -2.37. The maximum Gasteiger partial charge on any atom is 0.269 e. The molecule has 29 heavy (non-hydrogen) atoms. The van der Waals surface area contributed by atoms with Crippen molar-refractivity contribution in [1.29, 1.82) is 5.26 Å². The van der Waals surface area contributed by atoms with Crippen LogP contribution in [0.15, 0.2) is 71.6 Å². The van der Waals surface area contributed by atoms with Crippen molar-refractivity contribution in [2.24, 2.45) is 11.3 Å². The van der Waals surface area contributed by atoms with Crippen LogP contribution < -0.4 is 0 Å². The first-order chi connectivity index (χ1) is 13.9. The van der Waals surface area contributed by atoms with Crippen LogP contribution in [0.2, 0.25) is 0 Å². The van der Waals surface area contributed by atoms with Crippen molar-refractivity contribution in [1.82, 2.24) is 4.31 Å². The van der Waals surface area contributed by atoms with E-state index >= 15 is 0 Å². The molecule has 0 amide bonds. The highest BCUT2D eigenvalue weighted by Crippen LogP contribution is 2.52. The highest BCUT2D eigenvalue weighted by molar-refractivity contribution is 7.89. The van der Waals surface area contributed by atoms with Crippen LogP contribution in [-0.2, 0) is 10.0 Å². The maximum atomic E-state index is 13.1. The number of nitro groups is 1. The number of fused-ring (bicyclic) bond motifs is 1. The highest BCUT2D eigenvalue weighted by atomic mass is 32.2. The molecule has 0 bridgehead atoms. The number of nitro benzene ring substituents is 1. The van der Waals surface area contributed by atoms with E-state index in [1.165, 1.54) is 16.4 Å². The van der Waals surface area contributed by atoms with E-state index in [1.807, 2.05) is 12.2 Å². The summed E-state index contributed by atoms with van der Waals surface area (Å²) in [5.74, 6) is -0.473. The van der Waals surface area contributed by atoms with E-state index < -0.39 is 20.4 Å². The number of hydrogen-bond acceptors (Lipinski definition) is 5. The van der Waals surface area contributed by atoms with Crippen molar-refractivity contribution >= 4 is 15.7 Å². The molecule has 148 valence electrons. The Balaban J connectivity index is 1.71. The van der Waals surface area contributed by atoms with Gasteiger partial charge in [-0.05, 0) is 24.1 Å². The second-order valence-electron chi connectivity index (χ2n) is 7.43. The van der Waals surface area contributed by atoms with E-state index in [2.05, 4.69) is 6.07 Å². The minimum absolute atomic E-state index is 0.0117. The van der Waals surface area contributed by atoms with Crippen LogP contribution in [0, 0.1) is 32.8 Å². The van der Waals surface area contributed by atoms with Gasteiger partial charge >= 0.3 is 0 Å². The summed E-state index contributed by atoms with van der Waals surface area (Å²) in [5, 5.41) is 21.1. The molecule has 1 saturated heterocycles. The van der Waals surface area contributed by atoms with Crippen molar-refractivity contribution in [2.45, 2.75) is 17.2 Å². The molecule has 0 unspecified atom stereocenters. The maximum absolute atomic E-state index is 13.1. The molecule has 8 heteroatoms. The molecule has 1 heterocycles. The average Bonchev–Trinajstić information content (AvgIpc) is 3.15. The fourth-order valence-corrected chi connectivity index (χ4v) is 5.97. The van der Waals surface area contributed by atoms with Crippen molar-refractivity contribution in [3.8, 4) is 6.07 Å². The second kappa shape index (κ2) is 7.10. The van der Waals surface area contributed by atoms with Crippen molar-refractivity contribution in [3.05, 3.63) is 82.4 Å². The van der Waals surface area contributed by atoms with Gasteiger partial charge in [0.1, 0.15) is 0 Å². The molecule has 0 N–H and O–H groups in total. The normalized spacial score (nSPS) is 26.6. The third-order valence-electron chi connectivity index (χ3n) is 5.96. The molecule has 2 aromatic rings. The lowest BCUT2D eigenvalue weighted by Crippen LogP contribution is -2.38. The molecule has 7 nitrogen and oxygen atoms in total. The van der Waals surface area contributed by atoms with Gasteiger partial charge in [-0.15, -0.1) is 0 Å². The van der Waals surface area contributed by atoms with Crippen LogP contribution in [-0.4, -0.2) is 30.7 Å². The summed E-state index contributed by atoms with van der Waals surface area (Å²) in [6, 6.07) is 16.9. The third kappa shape index (κ3) is 3.12. The first kappa shape index (κ1) is 19.3. The molecule has 0 aromatic heterocycles. The van der Waals surface area contributed by atoms with Crippen molar-refractivity contribution < 1.29 is 13.3 Å². The predicted octanol–water partition coefficient (Wildman–Crippen LogP) is 3.47. The van der Waals surface area contributed by atoms with E-state index in [0.29, 0.717) is 6.42 Å². The average molecular weight is 409 g/mol. The number of hydrogen-bond donors (Lipinski definition) is 0. The zero-order valence-corrected chi connectivity index (χ0v) is 16.3. The minimum atomic E-state index is -3.71. The van der Waals surface area contributed by atoms with E-state index in [1.54, 1.807) is 42.5 Å². The molecular formula is C21H19N3O4S. The summed E-state index contributed by atoms with van der Waals surface area (Å²) < 4.78 is 27.6. The van der Waals surface area contributed by atoms with Gasteiger partial charge in [0.15, 0.2) is 0 Å². The number of non-ortho nitro benzene ring substituents is 1. The van der Waals surface area contributed by atoms with Crippen molar-refractivity contribution in [2.75, 3.05) is 13.1 Å². The Bertz CT molecular complexity index is 1110. The SMILES string of the molecule is N#C[C@]12CN(S(=O)(=O)c3ccccc3)C[C@H]1C=CC[C@@H]2c1ccc([N+](=O)[O-])cc1. The zero-order chi connectivity index (χ0) is 20.6. The molecule has 1 aliphatic heterocycles. The van der Waals surface area contributed by atoms with Gasteiger partial charge < -0.3 is 0 Å². The Morgan fingerprint density at radius 1 is 1.14 bits per heavy atom. The molecule has 0 saturated carbocycles. The molecule has 0 radical (unpaired) electrons. The fourth-order valence-electron chi connectivity index (χ4n) is 4.43. The van der Waals surface area contributed by atoms with E-state index in [9.17, 15) is 23.8 Å². The quantitative estimate of drug-likeness (QED) is 0.437. The Labute approximate surface area is 169 Å². The summed E-state index contributed by atoms with van der Waals surface area (Å²) in [7, 11) is -3.71. The smallest absolute Gasteiger partial charge is 0.258 e. The topological polar surface area (TPSA) is 104 Å².